The smallest absolute Gasteiger partial charge is 0.325 e. The van der Waals surface area contributed by atoms with Gasteiger partial charge in [0.05, 0.1) is 25.0 Å². The summed E-state index contributed by atoms with van der Waals surface area (Å²) in [5, 5.41) is 17.7. The van der Waals surface area contributed by atoms with Crippen molar-refractivity contribution in [2.45, 2.75) is 102 Å². The Morgan fingerprint density at radius 3 is 2.75 bits per heavy atom. The monoisotopic (exact) mass is 563 g/mol. The minimum atomic E-state index is -1.04. The standard InChI is InChI=1S/C31H50FN3O5/c1-20-16-22(34-29-24(20)11-9-13-33-29)10-7-6-8-15-40-23-12-14-35(19-23)27(30(36)37)25-17-21(31(2,3)39-5)18-26(32)28(25)38-4/h17-18,20,22-24,27,29,33-34H,6-16,19H2,1-5H3,(H,36,37)/t20?,22?,23-,24?,27?,29?/m1/s1. The van der Waals surface area contributed by atoms with E-state index < -0.39 is 23.4 Å². The molecule has 0 amide bonds. The lowest BCUT2D eigenvalue weighted by atomic mass is 9.77. The molecule has 0 aliphatic carbocycles. The van der Waals surface area contributed by atoms with E-state index in [1.807, 2.05) is 18.7 Å². The molecule has 6 atom stereocenters. The summed E-state index contributed by atoms with van der Waals surface area (Å²) in [6, 6.07) is 2.61. The number of fused-ring (bicyclic) bond motifs is 1. The van der Waals surface area contributed by atoms with E-state index in [2.05, 4.69) is 17.6 Å². The predicted octanol–water partition coefficient (Wildman–Crippen LogP) is 4.82. The average Bonchev–Trinajstić information content (AvgIpc) is 3.38. The number of carbonyl (C=O) groups is 1. The highest BCUT2D eigenvalue weighted by molar-refractivity contribution is 5.77. The topological polar surface area (TPSA) is 92.3 Å². The van der Waals surface area contributed by atoms with Crippen molar-refractivity contribution >= 4 is 5.97 Å². The Balaban J connectivity index is 1.25. The number of piperidine rings is 2. The van der Waals surface area contributed by atoms with Crippen LogP contribution in [0.1, 0.15) is 89.3 Å². The van der Waals surface area contributed by atoms with E-state index >= 15 is 4.39 Å². The Kier molecular flexibility index (Phi) is 10.8. The molecule has 4 rings (SSSR count). The molecule has 9 heteroatoms. The van der Waals surface area contributed by atoms with Gasteiger partial charge in [0, 0.05) is 38.4 Å². The largest absolute Gasteiger partial charge is 0.493 e. The van der Waals surface area contributed by atoms with E-state index in [1.54, 1.807) is 13.2 Å². The number of hydrogen-bond acceptors (Lipinski definition) is 7. The third kappa shape index (κ3) is 7.34. The summed E-state index contributed by atoms with van der Waals surface area (Å²) in [6.07, 6.45) is 9.60. The second-order valence-electron chi connectivity index (χ2n) is 12.5. The van der Waals surface area contributed by atoms with E-state index in [1.165, 1.54) is 45.3 Å². The first-order valence-corrected chi connectivity index (χ1v) is 15.2. The molecule has 1 aromatic carbocycles. The van der Waals surface area contributed by atoms with Gasteiger partial charge in [0.2, 0.25) is 0 Å². The van der Waals surface area contributed by atoms with E-state index in [-0.39, 0.29) is 11.9 Å². The lowest BCUT2D eigenvalue weighted by molar-refractivity contribution is -0.143. The number of likely N-dealkylation sites (tertiary alicyclic amines) is 1. The van der Waals surface area contributed by atoms with Gasteiger partial charge in [-0.25, -0.2) is 4.39 Å². The van der Waals surface area contributed by atoms with Crippen LogP contribution < -0.4 is 15.4 Å². The van der Waals surface area contributed by atoms with Crippen molar-refractivity contribution in [2.24, 2.45) is 11.8 Å². The first kappa shape index (κ1) is 31.2. The molecular weight excluding hydrogens is 513 g/mol. The van der Waals surface area contributed by atoms with Crippen molar-refractivity contribution in [2.75, 3.05) is 40.5 Å². The summed E-state index contributed by atoms with van der Waals surface area (Å²) in [5.41, 5.74) is 0.0904. The maximum absolute atomic E-state index is 15.0. The summed E-state index contributed by atoms with van der Waals surface area (Å²) in [6.45, 7) is 8.90. The van der Waals surface area contributed by atoms with Crippen molar-refractivity contribution < 1.29 is 28.5 Å². The summed E-state index contributed by atoms with van der Waals surface area (Å²) in [4.78, 5) is 14.3. The Morgan fingerprint density at radius 1 is 1.23 bits per heavy atom. The normalized spacial score (nSPS) is 28.3. The highest BCUT2D eigenvalue weighted by atomic mass is 19.1. The molecule has 0 saturated carbocycles. The maximum atomic E-state index is 15.0. The molecule has 0 spiro atoms. The molecule has 3 aliphatic rings. The van der Waals surface area contributed by atoms with Crippen molar-refractivity contribution in [3.05, 3.63) is 29.1 Å². The molecule has 3 N–H and O–H groups in total. The van der Waals surface area contributed by atoms with Gasteiger partial charge in [-0.1, -0.05) is 19.8 Å². The first-order valence-electron chi connectivity index (χ1n) is 15.2. The highest BCUT2D eigenvalue weighted by Crippen LogP contribution is 2.38. The third-order valence-electron chi connectivity index (χ3n) is 9.41. The highest BCUT2D eigenvalue weighted by Gasteiger charge is 2.38. The molecule has 1 aromatic rings. The van der Waals surface area contributed by atoms with Gasteiger partial charge < -0.3 is 24.6 Å². The molecular formula is C31H50FN3O5. The molecule has 5 unspecified atom stereocenters. The number of rotatable bonds is 13. The van der Waals surface area contributed by atoms with Gasteiger partial charge in [-0.05, 0) is 88.4 Å². The number of ether oxygens (including phenoxy) is 3. The van der Waals surface area contributed by atoms with Gasteiger partial charge in [0.1, 0.15) is 6.04 Å². The Morgan fingerprint density at radius 2 is 2.02 bits per heavy atom. The van der Waals surface area contributed by atoms with Gasteiger partial charge in [-0.2, -0.15) is 0 Å². The number of unbranched alkanes of at least 4 members (excludes halogenated alkanes) is 2. The van der Waals surface area contributed by atoms with Crippen LogP contribution in [0.4, 0.5) is 4.39 Å². The molecule has 0 aromatic heterocycles. The van der Waals surface area contributed by atoms with E-state index in [9.17, 15) is 9.90 Å². The maximum Gasteiger partial charge on any atom is 0.325 e. The zero-order chi connectivity index (χ0) is 28.9. The fourth-order valence-corrected chi connectivity index (χ4v) is 6.88. The van der Waals surface area contributed by atoms with Crippen molar-refractivity contribution in [3.8, 4) is 5.75 Å². The minimum Gasteiger partial charge on any atom is -0.493 e. The molecule has 3 aliphatic heterocycles. The summed E-state index contributed by atoms with van der Waals surface area (Å²) >= 11 is 0. The molecule has 3 heterocycles. The van der Waals surface area contributed by atoms with Gasteiger partial charge in [0.15, 0.2) is 11.6 Å². The van der Waals surface area contributed by atoms with E-state index in [0.29, 0.717) is 43.0 Å². The Hall–Kier alpha value is -1.78. The molecule has 226 valence electrons. The Bertz CT molecular complexity index is 992. The van der Waals surface area contributed by atoms with Gasteiger partial charge in [-0.3, -0.25) is 15.0 Å². The number of benzene rings is 1. The van der Waals surface area contributed by atoms with E-state index in [4.69, 9.17) is 14.2 Å². The van der Waals surface area contributed by atoms with Gasteiger partial charge in [-0.15, -0.1) is 0 Å². The second kappa shape index (κ2) is 13.9. The van der Waals surface area contributed by atoms with E-state index in [0.717, 1.165) is 37.6 Å². The third-order valence-corrected chi connectivity index (χ3v) is 9.41. The van der Waals surface area contributed by atoms with Crippen LogP contribution in [0.3, 0.4) is 0 Å². The van der Waals surface area contributed by atoms with Crippen LogP contribution in [0.5, 0.6) is 5.75 Å². The summed E-state index contributed by atoms with van der Waals surface area (Å²) < 4.78 is 32.0. The second-order valence-corrected chi connectivity index (χ2v) is 12.5. The lowest BCUT2D eigenvalue weighted by Gasteiger charge is -2.45. The van der Waals surface area contributed by atoms with Crippen molar-refractivity contribution in [1.82, 2.24) is 15.5 Å². The van der Waals surface area contributed by atoms with Crippen LogP contribution in [-0.4, -0.2) is 74.7 Å². The summed E-state index contributed by atoms with van der Waals surface area (Å²) in [7, 11) is 2.92. The zero-order valence-corrected chi connectivity index (χ0v) is 25.0. The number of carboxylic acid groups (broad SMARTS) is 1. The van der Waals surface area contributed by atoms with Crippen molar-refractivity contribution in [1.29, 1.82) is 0 Å². The molecule has 0 bridgehead atoms. The molecule has 3 fully saturated rings. The average molecular weight is 564 g/mol. The predicted molar refractivity (Wildman–Crippen MR) is 153 cm³/mol. The summed E-state index contributed by atoms with van der Waals surface area (Å²) in [5.74, 6) is -0.120. The number of nitrogens with zero attached hydrogens (tertiary/aromatic N) is 1. The number of nitrogens with one attached hydrogen (secondary N) is 2. The number of aliphatic carboxylic acids is 1. The fraction of sp³-hybridized carbons (Fsp3) is 0.774. The van der Waals surface area contributed by atoms with Crippen LogP contribution in [0.2, 0.25) is 0 Å². The van der Waals surface area contributed by atoms with Crippen LogP contribution in [-0.2, 0) is 19.9 Å². The first-order chi connectivity index (χ1) is 19.1. The Labute approximate surface area is 239 Å². The zero-order valence-electron chi connectivity index (χ0n) is 25.0. The van der Waals surface area contributed by atoms with Gasteiger partial charge in [0.25, 0.3) is 0 Å². The number of methoxy groups -OCH3 is 2. The van der Waals surface area contributed by atoms with Gasteiger partial charge >= 0.3 is 5.97 Å². The van der Waals surface area contributed by atoms with Crippen LogP contribution in [0, 0.1) is 17.7 Å². The number of carboxylic acids is 1. The molecule has 3 saturated heterocycles. The minimum absolute atomic E-state index is 0.0357. The molecule has 40 heavy (non-hydrogen) atoms. The molecule has 8 nitrogen and oxygen atoms in total. The number of halogens is 1. The molecule has 0 radical (unpaired) electrons. The van der Waals surface area contributed by atoms with Crippen LogP contribution in [0.15, 0.2) is 12.1 Å². The number of hydrogen-bond donors (Lipinski definition) is 3. The van der Waals surface area contributed by atoms with Crippen molar-refractivity contribution in [3.63, 3.8) is 0 Å². The fourth-order valence-electron chi connectivity index (χ4n) is 6.88. The van der Waals surface area contributed by atoms with Crippen LogP contribution in [0.25, 0.3) is 0 Å². The lowest BCUT2D eigenvalue weighted by Crippen LogP contribution is -2.59. The van der Waals surface area contributed by atoms with Crippen LogP contribution >= 0.6 is 0 Å². The SMILES string of the molecule is COc1c(F)cc(C(C)(C)OC)cc1C(C(=O)O)N1CC[C@@H](OCCCCCC2CC(C)C3CCCNC3N2)C1. The quantitative estimate of drug-likeness (QED) is 0.295.